The highest BCUT2D eigenvalue weighted by molar-refractivity contribution is 7.89. The Balaban J connectivity index is 1.40. The van der Waals surface area contributed by atoms with E-state index in [0.717, 1.165) is 56.1 Å². The van der Waals surface area contributed by atoms with Gasteiger partial charge in [-0.2, -0.15) is 13.2 Å². The van der Waals surface area contributed by atoms with Gasteiger partial charge >= 0.3 is 6.18 Å². The van der Waals surface area contributed by atoms with Crippen molar-refractivity contribution in [3.05, 3.63) is 70.0 Å². The van der Waals surface area contributed by atoms with Crippen molar-refractivity contribution in [3.63, 3.8) is 0 Å². The molecule has 2 unspecified atom stereocenters. The molecular formula is C26H30F4N2O2S. The van der Waals surface area contributed by atoms with Crippen molar-refractivity contribution >= 4 is 10.0 Å². The third-order valence-corrected chi connectivity index (χ3v) is 9.04. The minimum absolute atomic E-state index is 0.0588. The number of nitrogens with zero attached hydrogens (tertiary/aromatic N) is 1. The first-order chi connectivity index (χ1) is 16.6. The van der Waals surface area contributed by atoms with Gasteiger partial charge in [0, 0.05) is 18.7 Å². The Bertz CT molecular complexity index is 1190. The van der Waals surface area contributed by atoms with Crippen LogP contribution in [0.2, 0.25) is 0 Å². The summed E-state index contributed by atoms with van der Waals surface area (Å²) in [6.07, 6.45) is -0.367. The van der Waals surface area contributed by atoms with Crippen LogP contribution >= 0.6 is 0 Å². The molecule has 35 heavy (non-hydrogen) atoms. The Kier molecular flexibility index (Phi) is 6.70. The number of sulfonamides is 1. The summed E-state index contributed by atoms with van der Waals surface area (Å²) in [6.45, 7) is 2.71. The number of halogens is 4. The number of likely N-dealkylation sites (tertiary alicyclic amines) is 1. The van der Waals surface area contributed by atoms with E-state index >= 15 is 0 Å². The van der Waals surface area contributed by atoms with Gasteiger partial charge in [0.15, 0.2) is 0 Å². The van der Waals surface area contributed by atoms with Gasteiger partial charge in [0.25, 0.3) is 0 Å². The van der Waals surface area contributed by atoms with Gasteiger partial charge in [-0.25, -0.2) is 17.5 Å². The Hall–Kier alpha value is -1.97. The van der Waals surface area contributed by atoms with Crippen molar-refractivity contribution in [2.24, 2.45) is 11.8 Å². The van der Waals surface area contributed by atoms with Gasteiger partial charge in [0.05, 0.1) is 11.3 Å². The van der Waals surface area contributed by atoms with E-state index in [0.29, 0.717) is 18.4 Å². The van der Waals surface area contributed by atoms with Crippen LogP contribution in [0.25, 0.3) is 0 Å². The lowest BCUT2D eigenvalue weighted by atomic mass is 9.85. The summed E-state index contributed by atoms with van der Waals surface area (Å²) in [5.41, 5.74) is 2.00. The van der Waals surface area contributed by atoms with Crippen molar-refractivity contribution in [1.82, 2.24) is 9.62 Å². The number of hydrogen-bond donors (Lipinski definition) is 1. The van der Waals surface area contributed by atoms with Crippen LogP contribution in [0.15, 0.2) is 36.4 Å². The van der Waals surface area contributed by atoms with Crippen LogP contribution < -0.4 is 4.72 Å². The second-order valence-corrected chi connectivity index (χ2v) is 12.2. The van der Waals surface area contributed by atoms with E-state index in [1.165, 1.54) is 18.2 Å². The maximum Gasteiger partial charge on any atom is 0.416 e. The summed E-state index contributed by atoms with van der Waals surface area (Å²) in [5, 5.41) is 0. The Labute approximate surface area is 203 Å². The van der Waals surface area contributed by atoms with E-state index in [-0.39, 0.29) is 35.6 Å². The molecule has 2 fully saturated rings. The van der Waals surface area contributed by atoms with E-state index in [2.05, 4.69) is 9.62 Å². The molecule has 1 saturated heterocycles. The molecule has 1 aliphatic heterocycles. The Morgan fingerprint density at radius 1 is 1.09 bits per heavy atom. The first kappa shape index (κ1) is 24.7. The van der Waals surface area contributed by atoms with Crippen molar-refractivity contribution in [2.45, 2.75) is 50.7 Å². The van der Waals surface area contributed by atoms with Gasteiger partial charge in [0.1, 0.15) is 5.82 Å². The van der Waals surface area contributed by atoms with Crippen molar-refractivity contribution in [1.29, 1.82) is 0 Å². The molecule has 5 rings (SSSR count). The van der Waals surface area contributed by atoms with E-state index in [1.807, 2.05) is 0 Å². The minimum Gasteiger partial charge on any atom is -0.303 e. The van der Waals surface area contributed by atoms with Crippen LogP contribution in [0.3, 0.4) is 0 Å². The summed E-state index contributed by atoms with van der Waals surface area (Å²) < 4.78 is 81.9. The molecule has 4 nitrogen and oxygen atoms in total. The summed E-state index contributed by atoms with van der Waals surface area (Å²) in [5.74, 6) is -0.0790. The number of hydrogen-bond acceptors (Lipinski definition) is 3. The van der Waals surface area contributed by atoms with Crippen LogP contribution in [0.1, 0.15) is 53.0 Å². The molecular weight excluding hydrogens is 480 g/mol. The van der Waals surface area contributed by atoms with Crippen LogP contribution in [0.4, 0.5) is 17.6 Å². The maximum atomic E-state index is 14.9. The molecule has 0 spiro atoms. The van der Waals surface area contributed by atoms with Gasteiger partial charge in [-0.15, -0.1) is 0 Å². The quantitative estimate of drug-likeness (QED) is 0.490. The Morgan fingerprint density at radius 2 is 1.86 bits per heavy atom. The van der Waals surface area contributed by atoms with Crippen LogP contribution in [-0.2, 0) is 35.6 Å². The van der Waals surface area contributed by atoms with Crippen molar-refractivity contribution in [2.75, 3.05) is 25.4 Å². The molecule has 2 atom stereocenters. The highest BCUT2D eigenvalue weighted by Crippen LogP contribution is 2.43. The standard InChI is InChI=1S/C26H30F4N2O2S/c27-25-13-19-11-21(15-32-7-2-8-32)23(10-18-3-1-4-22(9-18)26(28,29)30)24(19)12-20(25)14-31-35(33,34)16-17-5-6-17/h1,3-4,9,12-13,17,21,23,31H,2,5-8,10-11,14-16H2. The molecule has 0 amide bonds. The number of fused-ring (bicyclic) bond motifs is 1. The molecule has 2 aliphatic carbocycles. The fraction of sp³-hybridized carbons (Fsp3) is 0.538. The Morgan fingerprint density at radius 3 is 2.51 bits per heavy atom. The second-order valence-electron chi connectivity index (χ2n) is 10.3. The molecule has 3 aliphatic rings. The van der Waals surface area contributed by atoms with E-state index < -0.39 is 27.6 Å². The molecule has 0 bridgehead atoms. The molecule has 1 N–H and O–H groups in total. The van der Waals surface area contributed by atoms with Crippen molar-refractivity contribution in [3.8, 4) is 0 Å². The zero-order valence-corrected chi connectivity index (χ0v) is 20.3. The van der Waals surface area contributed by atoms with Gasteiger partial charge in [-0.3, -0.25) is 0 Å². The fourth-order valence-electron chi connectivity index (χ4n) is 5.35. The highest BCUT2D eigenvalue weighted by atomic mass is 32.2. The summed E-state index contributed by atoms with van der Waals surface area (Å²) >= 11 is 0. The van der Waals surface area contributed by atoms with Gasteiger partial charge in [0.2, 0.25) is 10.0 Å². The lowest BCUT2D eigenvalue weighted by Gasteiger charge is -2.35. The first-order valence-electron chi connectivity index (χ1n) is 12.2. The molecule has 2 aromatic rings. The predicted molar refractivity (Wildman–Crippen MR) is 126 cm³/mol. The smallest absolute Gasteiger partial charge is 0.303 e. The maximum absolute atomic E-state index is 14.9. The van der Waals surface area contributed by atoms with Crippen LogP contribution in [0.5, 0.6) is 0 Å². The third kappa shape index (κ3) is 5.89. The van der Waals surface area contributed by atoms with Crippen LogP contribution in [0, 0.1) is 17.7 Å². The number of benzene rings is 2. The second kappa shape index (κ2) is 9.48. The summed E-state index contributed by atoms with van der Waals surface area (Å²) in [4.78, 5) is 2.33. The molecule has 9 heteroatoms. The normalized spacial score (nSPS) is 22.7. The fourth-order valence-corrected chi connectivity index (χ4v) is 6.80. The first-order valence-corrected chi connectivity index (χ1v) is 13.9. The SMILES string of the molecule is O=S(=O)(CC1CC1)NCc1cc2c(cc1F)CC(CN1CCC1)C2Cc1cccc(C(F)(F)F)c1. The average molecular weight is 511 g/mol. The van der Waals surface area contributed by atoms with Gasteiger partial charge in [-0.1, -0.05) is 24.3 Å². The largest absolute Gasteiger partial charge is 0.416 e. The van der Waals surface area contributed by atoms with Gasteiger partial charge < -0.3 is 4.90 Å². The topological polar surface area (TPSA) is 49.4 Å². The molecule has 1 heterocycles. The van der Waals surface area contributed by atoms with E-state index in [4.69, 9.17) is 0 Å². The number of rotatable bonds is 9. The average Bonchev–Trinajstić information content (AvgIpc) is 3.50. The van der Waals surface area contributed by atoms with Gasteiger partial charge in [-0.05, 0) is 91.8 Å². The zero-order valence-electron chi connectivity index (χ0n) is 19.5. The lowest BCUT2D eigenvalue weighted by Crippen LogP contribution is -2.41. The highest BCUT2D eigenvalue weighted by Gasteiger charge is 2.36. The molecule has 0 radical (unpaired) electrons. The monoisotopic (exact) mass is 510 g/mol. The molecule has 0 aromatic heterocycles. The number of nitrogens with one attached hydrogen (secondary N) is 1. The third-order valence-electron chi connectivity index (χ3n) is 7.54. The lowest BCUT2D eigenvalue weighted by molar-refractivity contribution is -0.137. The summed E-state index contributed by atoms with van der Waals surface area (Å²) in [6, 6.07) is 8.65. The molecule has 190 valence electrons. The zero-order chi connectivity index (χ0) is 24.8. The minimum atomic E-state index is -4.41. The summed E-state index contributed by atoms with van der Waals surface area (Å²) in [7, 11) is -3.48. The van der Waals surface area contributed by atoms with E-state index in [1.54, 1.807) is 12.1 Å². The molecule has 2 aromatic carbocycles. The predicted octanol–water partition coefficient (Wildman–Crippen LogP) is 4.88. The van der Waals surface area contributed by atoms with Crippen LogP contribution in [-0.4, -0.2) is 38.7 Å². The van der Waals surface area contributed by atoms with E-state index in [9.17, 15) is 26.0 Å². The molecule has 1 saturated carbocycles. The number of alkyl halides is 3. The van der Waals surface area contributed by atoms with Crippen molar-refractivity contribution < 1.29 is 26.0 Å².